The van der Waals surface area contributed by atoms with Gasteiger partial charge in [0.05, 0.1) is 24.3 Å². The summed E-state index contributed by atoms with van der Waals surface area (Å²) in [6, 6.07) is 21.5. The minimum atomic E-state index is -0.101. The lowest BCUT2D eigenvalue weighted by Gasteiger charge is -2.15. The molecule has 0 radical (unpaired) electrons. The lowest BCUT2D eigenvalue weighted by Crippen LogP contribution is -2.26. The molecule has 1 amide bonds. The SMILES string of the molecule is Cc1ccc([C@H](C)NC(=O)c2ccc3cnn(Cc4cccc(Cl)c4)c3c2)cc1. The third-order valence-corrected chi connectivity index (χ3v) is 5.29. The number of nitrogens with one attached hydrogen (secondary N) is 1. The molecule has 146 valence electrons. The molecule has 1 N–H and O–H groups in total. The Morgan fingerprint density at radius 1 is 1.10 bits per heavy atom. The van der Waals surface area contributed by atoms with Crippen LogP contribution in [0.25, 0.3) is 10.9 Å². The van der Waals surface area contributed by atoms with Crippen LogP contribution in [-0.2, 0) is 6.54 Å². The predicted molar refractivity (Wildman–Crippen MR) is 117 cm³/mol. The van der Waals surface area contributed by atoms with Crippen molar-refractivity contribution in [2.45, 2.75) is 26.4 Å². The third kappa shape index (κ3) is 4.33. The smallest absolute Gasteiger partial charge is 0.251 e. The number of fused-ring (bicyclic) bond motifs is 1. The van der Waals surface area contributed by atoms with E-state index < -0.39 is 0 Å². The monoisotopic (exact) mass is 403 g/mol. The molecule has 5 heteroatoms. The number of hydrogen-bond acceptors (Lipinski definition) is 2. The standard InChI is InChI=1S/C24H22ClN3O/c1-16-6-8-19(9-7-16)17(2)27-24(29)20-10-11-21-14-26-28(23(21)13-20)15-18-4-3-5-22(25)12-18/h3-14,17H,15H2,1-2H3,(H,27,29)/t17-/m0/s1. The van der Waals surface area contributed by atoms with Gasteiger partial charge in [-0.05, 0) is 49.2 Å². The van der Waals surface area contributed by atoms with Crippen LogP contribution in [0.15, 0.2) is 72.9 Å². The van der Waals surface area contributed by atoms with Crippen molar-refractivity contribution in [2.75, 3.05) is 0 Å². The van der Waals surface area contributed by atoms with Gasteiger partial charge in [-0.15, -0.1) is 0 Å². The van der Waals surface area contributed by atoms with Gasteiger partial charge in [-0.3, -0.25) is 9.48 Å². The van der Waals surface area contributed by atoms with Gasteiger partial charge < -0.3 is 5.32 Å². The summed E-state index contributed by atoms with van der Waals surface area (Å²) in [5.74, 6) is -0.101. The molecule has 0 unspecified atom stereocenters. The Morgan fingerprint density at radius 2 is 1.90 bits per heavy atom. The second-order valence-electron chi connectivity index (χ2n) is 7.31. The van der Waals surface area contributed by atoms with Crippen molar-refractivity contribution in [1.29, 1.82) is 0 Å². The van der Waals surface area contributed by atoms with Crippen LogP contribution in [0.4, 0.5) is 0 Å². The maximum Gasteiger partial charge on any atom is 0.251 e. The van der Waals surface area contributed by atoms with E-state index in [9.17, 15) is 4.79 Å². The molecule has 1 aromatic heterocycles. The summed E-state index contributed by atoms with van der Waals surface area (Å²) in [4.78, 5) is 12.8. The lowest BCUT2D eigenvalue weighted by molar-refractivity contribution is 0.0940. The highest BCUT2D eigenvalue weighted by Gasteiger charge is 2.13. The zero-order valence-electron chi connectivity index (χ0n) is 16.4. The first-order chi connectivity index (χ1) is 14.0. The molecular weight excluding hydrogens is 382 g/mol. The summed E-state index contributed by atoms with van der Waals surface area (Å²) >= 11 is 6.09. The highest BCUT2D eigenvalue weighted by atomic mass is 35.5. The molecule has 3 aromatic carbocycles. The van der Waals surface area contributed by atoms with Crippen molar-refractivity contribution in [3.8, 4) is 0 Å². The van der Waals surface area contributed by atoms with Gasteiger partial charge in [0, 0.05) is 16.0 Å². The van der Waals surface area contributed by atoms with E-state index in [0.29, 0.717) is 17.1 Å². The van der Waals surface area contributed by atoms with E-state index in [4.69, 9.17) is 11.6 Å². The quantitative estimate of drug-likeness (QED) is 0.475. The number of nitrogens with zero attached hydrogens (tertiary/aromatic N) is 2. The van der Waals surface area contributed by atoms with E-state index in [1.54, 1.807) is 0 Å². The molecule has 0 fully saturated rings. The van der Waals surface area contributed by atoms with Crippen molar-refractivity contribution >= 4 is 28.4 Å². The van der Waals surface area contributed by atoms with Gasteiger partial charge in [-0.2, -0.15) is 5.10 Å². The fourth-order valence-corrected chi connectivity index (χ4v) is 3.58. The van der Waals surface area contributed by atoms with E-state index in [1.165, 1.54) is 5.56 Å². The van der Waals surface area contributed by atoms with Gasteiger partial charge in [-0.1, -0.05) is 59.6 Å². The Hall–Kier alpha value is -3.11. The highest BCUT2D eigenvalue weighted by Crippen LogP contribution is 2.20. The number of rotatable bonds is 5. The van der Waals surface area contributed by atoms with Crippen LogP contribution in [0, 0.1) is 6.92 Å². The fourth-order valence-electron chi connectivity index (χ4n) is 3.36. The zero-order chi connectivity index (χ0) is 20.4. The van der Waals surface area contributed by atoms with Gasteiger partial charge in [0.25, 0.3) is 5.91 Å². The minimum Gasteiger partial charge on any atom is -0.346 e. The van der Waals surface area contributed by atoms with Crippen LogP contribution in [0.1, 0.15) is 40.0 Å². The lowest BCUT2D eigenvalue weighted by atomic mass is 10.1. The average molecular weight is 404 g/mol. The average Bonchev–Trinajstić information content (AvgIpc) is 3.10. The fraction of sp³-hybridized carbons (Fsp3) is 0.167. The number of aromatic nitrogens is 2. The molecule has 0 aliphatic heterocycles. The number of hydrogen-bond donors (Lipinski definition) is 1. The van der Waals surface area contributed by atoms with E-state index in [-0.39, 0.29) is 11.9 Å². The first-order valence-electron chi connectivity index (χ1n) is 9.57. The van der Waals surface area contributed by atoms with Gasteiger partial charge in [-0.25, -0.2) is 0 Å². The molecule has 4 nitrogen and oxygen atoms in total. The topological polar surface area (TPSA) is 46.9 Å². The molecule has 0 aliphatic rings. The molecule has 0 saturated heterocycles. The van der Waals surface area contributed by atoms with Gasteiger partial charge in [0.1, 0.15) is 0 Å². The molecule has 1 atom stereocenters. The molecule has 4 rings (SSSR count). The largest absolute Gasteiger partial charge is 0.346 e. The van der Waals surface area contributed by atoms with Gasteiger partial charge in [0.15, 0.2) is 0 Å². The van der Waals surface area contributed by atoms with Crippen molar-refractivity contribution < 1.29 is 4.79 Å². The second-order valence-corrected chi connectivity index (χ2v) is 7.75. The highest BCUT2D eigenvalue weighted by molar-refractivity contribution is 6.30. The summed E-state index contributed by atoms with van der Waals surface area (Å²) in [7, 11) is 0. The second kappa shape index (κ2) is 8.10. The Morgan fingerprint density at radius 3 is 2.66 bits per heavy atom. The zero-order valence-corrected chi connectivity index (χ0v) is 17.1. The normalized spacial score (nSPS) is 12.1. The predicted octanol–water partition coefficient (Wildman–Crippen LogP) is 5.54. The number of amides is 1. The summed E-state index contributed by atoms with van der Waals surface area (Å²) in [6.45, 7) is 4.63. The van der Waals surface area contributed by atoms with Crippen LogP contribution in [-0.4, -0.2) is 15.7 Å². The molecule has 29 heavy (non-hydrogen) atoms. The van der Waals surface area contributed by atoms with Gasteiger partial charge >= 0.3 is 0 Å². The molecule has 0 spiro atoms. The Bertz CT molecular complexity index is 1160. The van der Waals surface area contributed by atoms with Crippen LogP contribution in [0.3, 0.4) is 0 Å². The first-order valence-corrected chi connectivity index (χ1v) is 9.95. The van der Waals surface area contributed by atoms with Crippen molar-refractivity contribution in [2.24, 2.45) is 0 Å². The number of benzene rings is 3. The summed E-state index contributed by atoms with van der Waals surface area (Å²) < 4.78 is 1.89. The van der Waals surface area contributed by atoms with Crippen molar-refractivity contribution in [3.05, 3.63) is 100 Å². The Kier molecular flexibility index (Phi) is 5.36. The van der Waals surface area contributed by atoms with E-state index in [0.717, 1.165) is 22.0 Å². The maximum atomic E-state index is 12.8. The van der Waals surface area contributed by atoms with Crippen molar-refractivity contribution in [3.63, 3.8) is 0 Å². The van der Waals surface area contributed by atoms with Gasteiger partial charge in [0.2, 0.25) is 0 Å². The van der Waals surface area contributed by atoms with Crippen LogP contribution >= 0.6 is 11.6 Å². The number of aryl methyl sites for hydroxylation is 1. The molecule has 0 bridgehead atoms. The number of carbonyl (C=O) groups is 1. The van der Waals surface area contributed by atoms with E-state index in [1.807, 2.05) is 72.4 Å². The van der Waals surface area contributed by atoms with Crippen LogP contribution < -0.4 is 5.32 Å². The Balaban J connectivity index is 1.56. The molecule has 0 aliphatic carbocycles. The van der Waals surface area contributed by atoms with E-state index >= 15 is 0 Å². The van der Waals surface area contributed by atoms with Crippen LogP contribution in [0.5, 0.6) is 0 Å². The molecular formula is C24H22ClN3O. The molecule has 4 aromatic rings. The summed E-state index contributed by atoms with van der Waals surface area (Å²) in [5.41, 5.74) is 4.87. The van der Waals surface area contributed by atoms with Crippen LogP contribution in [0.2, 0.25) is 5.02 Å². The molecule has 0 saturated carbocycles. The number of halogens is 1. The summed E-state index contributed by atoms with van der Waals surface area (Å²) in [5, 5.41) is 9.25. The maximum absolute atomic E-state index is 12.8. The molecule has 1 heterocycles. The van der Waals surface area contributed by atoms with E-state index in [2.05, 4.69) is 29.5 Å². The third-order valence-electron chi connectivity index (χ3n) is 5.05. The number of carbonyl (C=O) groups excluding carboxylic acids is 1. The van der Waals surface area contributed by atoms with Crippen molar-refractivity contribution in [1.82, 2.24) is 15.1 Å². The minimum absolute atomic E-state index is 0.0739. The first kappa shape index (κ1) is 19.2. The Labute approximate surface area is 175 Å². The summed E-state index contributed by atoms with van der Waals surface area (Å²) in [6.07, 6.45) is 1.82.